The summed E-state index contributed by atoms with van der Waals surface area (Å²) in [7, 11) is -3.44. The van der Waals surface area contributed by atoms with Gasteiger partial charge in [0.15, 0.2) is 0 Å². The first-order valence-corrected chi connectivity index (χ1v) is 9.29. The second kappa shape index (κ2) is 6.06. The monoisotopic (exact) mass is 312 g/mol. The Morgan fingerprint density at radius 1 is 1.38 bits per heavy atom. The van der Waals surface area contributed by atoms with Crippen LogP contribution in [0, 0.1) is 5.92 Å². The van der Waals surface area contributed by atoms with Crippen molar-refractivity contribution in [3.05, 3.63) is 12.4 Å². The van der Waals surface area contributed by atoms with Crippen LogP contribution in [0.25, 0.3) is 0 Å². The molecule has 0 aromatic carbocycles. The van der Waals surface area contributed by atoms with Gasteiger partial charge in [-0.25, -0.2) is 13.1 Å². The van der Waals surface area contributed by atoms with E-state index in [9.17, 15) is 8.42 Å². The smallest absolute Gasteiger partial charge is 0.243 e. The largest absolute Gasteiger partial charge is 0.312 e. The van der Waals surface area contributed by atoms with E-state index in [1.165, 1.54) is 31.9 Å². The minimum absolute atomic E-state index is 0.0117. The van der Waals surface area contributed by atoms with E-state index in [1.807, 2.05) is 6.92 Å². The average molecular weight is 312 g/mol. The highest BCUT2D eigenvalue weighted by molar-refractivity contribution is 7.89. The van der Waals surface area contributed by atoms with Gasteiger partial charge in [0, 0.05) is 24.8 Å². The molecule has 1 unspecified atom stereocenters. The topological polar surface area (TPSA) is 76.0 Å². The predicted molar refractivity (Wildman–Crippen MR) is 80.4 cm³/mol. The van der Waals surface area contributed by atoms with E-state index in [4.69, 9.17) is 0 Å². The molecule has 21 heavy (non-hydrogen) atoms. The molecule has 0 radical (unpaired) electrons. The summed E-state index contributed by atoms with van der Waals surface area (Å²) in [6.45, 7) is 3.46. The van der Waals surface area contributed by atoms with Crippen molar-refractivity contribution in [1.29, 1.82) is 0 Å². The molecule has 2 N–H and O–H groups in total. The molecule has 0 aliphatic heterocycles. The summed E-state index contributed by atoms with van der Waals surface area (Å²) in [5.74, 6) is 0.707. The van der Waals surface area contributed by atoms with Crippen LogP contribution in [0.2, 0.25) is 0 Å². The normalized spacial score (nSPS) is 20.6. The van der Waals surface area contributed by atoms with Gasteiger partial charge in [0.05, 0.1) is 12.7 Å². The second-order valence-corrected chi connectivity index (χ2v) is 8.08. The highest BCUT2D eigenvalue weighted by Gasteiger charge is 2.26. The molecule has 7 heteroatoms. The molecule has 3 rings (SSSR count). The van der Waals surface area contributed by atoms with Gasteiger partial charge < -0.3 is 5.32 Å². The average Bonchev–Trinajstić information content (AvgIpc) is 3.31. The molecule has 0 bridgehead atoms. The Morgan fingerprint density at radius 3 is 2.81 bits per heavy atom. The Morgan fingerprint density at radius 2 is 2.14 bits per heavy atom. The Balaban J connectivity index is 1.52. The van der Waals surface area contributed by atoms with E-state index < -0.39 is 10.0 Å². The lowest BCUT2D eigenvalue weighted by Crippen LogP contribution is -2.32. The lowest BCUT2D eigenvalue weighted by Gasteiger charge is -2.12. The number of hydrogen-bond donors (Lipinski definition) is 2. The van der Waals surface area contributed by atoms with E-state index in [-0.39, 0.29) is 10.9 Å². The van der Waals surface area contributed by atoms with Gasteiger partial charge in [-0.1, -0.05) is 12.8 Å². The highest BCUT2D eigenvalue weighted by Crippen LogP contribution is 2.33. The first-order valence-electron chi connectivity index (χ1n) is 7.81. The molecule has 118 valence electrons. The van der Waals surface area contributed by atoms with Crippen LogP contribution in [-0.4, -0.2) is 36.8 Å². The molecule has 2 aliphatic carbocycles. The summed E-state index contributed by atoms with van der Waals surface area (Å²) in [5, 5.41) is 7.53. The third-order valence-electron chi connectivity index (χ3n) is 4.01. The SMILES string of the molecule is CC(CC1CC1)NS(=O)(=O)c1cnn(CCNC2CC2)c1. The van der Waals surface area contributed by atoms with Crippen molar-refractivity contribution in [2.45, 2.75) is 62.6 Å². The Labute approximate surface area is 126 Å². The molecular weight excluding hydrogens is 288 g/mol. The number of nitrogens with one attached hydrogen (secondary N) is 2. The first-order chi connectivity index (χ1) is 10.0. The molecule has 1 aromatic rings. The molecular formula is C14H24N4O2S. The Hall–Kier alpha value is -0.920. The molecule has 0 amide bonds. The molecule has 1 atom stereocenters. The van der Waals surface area contributed by atoms with Crippen molar-refractivity contribution in [2.24, 2.45) is 5.92 Å². The molecule has 2 aliphatic rings. The summed E-state index contributed by atoms with van der Waals surface area (Å²) in [6.07, 6.45) is 8.95. The van der Waals surface area contributed by atoms with Crippen molar-refractivity contribution >= 4 is 10.0 Å². The third kappa shape index (κ3) is 4.52. The van der Waals surface area contributed by atoms with Crippen LogP contribution in [0.15, 0.2) is 17.3 Å². The van der Waals surface area contributed by atoms with Gasteiger partial charge in [-0.05, 0) is 32.1 Å². The number of aromatic nitrogens is 2. The van der Waals surface area contributed by atoms with Gasteiger partial charge in [-0.2, -0.15) is 5.10 Å². The van der Waals surface area contributed by atoms with Crippen LogP contribution < -0.4 is 10.0 Å². The van der Waals surface area contributed by atoms with E-state index >= 15 is 0 Å². The summed E-state index contributed by atoms with van der Waals surface area (Å²) >= 11 is 0. The summed E-state index contributed by atoms with van der Waals surface area (Å²) < 4.78 is 29.0. The van der Waals surface area contributed by atoms with E-state index in [0.29, 0.717) is 18.5 Å². The third-order valence-corrected chi connectivity index (χ3v) is 5.56. The van der Waals surface area contributed by atoms with Crippen molar-refractivity contribution in [3.63, 3.8) is 0 Å². The van der Waals surface area contributed by atoms with Crippen molar-refractivity contribution in [2.75, 3.05) is 6.54 Å². The number of hydrogen-bond acceptors (Lipinski definition) is 4. The standard InChI is InChI=1S/C14H24N4O2S/c1-11(8-12-2-3-12)17-21(19,20)14-9-16-18(10-14)7-6-15-13-4-5-13/h9-13,15,17H,2-8H2,1H3. The zero-order chi connectivity index (χ0) is 14.9. The number of rotatable bonds is 9. The van der Waals surface area contributed by atoms with E-state index in [1.54, 1.807) is 10.9 Å². The summed E-state index contributed by atoms with van der Waals surface area (Å²) in [6, 6.07) is 0.649. The van der Waals surface area contributed by atoms with Crippen LogP contribution in [0.4, 0.5) is 0 Å². The van der Waals surface area contributed by atoms with Gasteiger partial charge in [-0.3, -0.25) is 4.68 Å². The first kappa shape index (κ1) is 15.0. The number of sulfonamides is 1. The highest BCUT2D eigenvalue weighted by atomic mass is 32.2. The maximum Gasteiger partial charge on any atom is 0.243 e. The van der Waals surface area contributed by atoms with Crippen LogP contribution in [0.5, 0.6) is 0 Å². The molecule has 2 saturated carbocycles. The molecule has 6 nitrogen and oxygen atoms in total. The van der Waals surface area contributed by atoms with E-state index in [2.05, 4.69) is 15.1 Å². The lowest BCUT2D eigenvalue weighted by molar-refractivity contribution is 0.529. The van der Waals surface area contributed by atoms with Gasteiger partial charge in [0.25, 0.3) is 0 Å². The fourth-order valence-electron chi connectivity index (χ4n) is 2.51. The molecule has 1 heterocycles. The lowest BCUT2D eigenvalue weighted by atomic mass is 10.2. The fraction of sp³-hybridized carbons (Fsp3) is 0.786. The maximum absolute atomic E-state index is 12.3. The molecule has 0 spiro atoms. The van der Waals surface area contributed by atoms with Gasteiger partial charge in [-0.15, -0.1) is 0 Å². The fourth-order valence-corrected chi connectivity index (χ4v) is 3.72. The molecule has 0 saturated heterocycles. The Kier molecular flexibility index (Phi) is 4.33. The minimum atomic E-state index is -3.44. The van der Waals surface area contributed by atoms with Gasteiger partial charge >= 0.3 is 0 Å². The second-order valence-electron chi connectivity index (χ2n) is 6.37. The quantitative estimate of drug-likeness (QED) is 0.716. The van der Waals surface area contributed by atoms with Crippen molar-refractivity contribution in [3.8, 4) is 0 Å². The van der Waals surface area contributed by atoms with Gasteiger partial charge in [0.1, 0.15) is 4.90 Å². The van der Waals surface area contributed by atoms with Crippen LogP contribution >= 0.6 is 0 Å². The van der Waals surface area contributed by atoms with Crippen molar-refractivity contribution in [1.82, 2.24) is 19.8 Å². The predicted octanol–water partition coefficient (Wildman–Crippen LogP) is 1.10. The zero-order valence-electron chi connectivity index (χ0n) is 12.5. The van der Waals surface area contributed by atoms with Gasteiger partial charge in [0.2, 0.25) is 10.0 Å². The summed E-state index contributed by atoms with van der Waals surface area (Å²) in [4.78, 5) is 0.261. The van der Waals surface area contributed by atoms with Crippen molar-refractivity contribution < 1.29 is 8.42 Å². The maximum atomic E-state index is 12.3. The van der Waals surface area contributed by atoms with Crippen LogP contribution in [0.3, 0.4) is 0 Å². The van der Waals surface area contributed by atoms with Crippen LogP contribution in [-0.2, 0) is 16.6 Å². The molecule has 2 fully saturated rings. The Bertz CT molecular complexity index is 576. The molecule has 1 aromatic heterocycles. The van der Waals surface area contributed by atoms with E-state index in [0.717, 1.165) is 13.0 Å². The summed E-state index contributed by atoms with van der Waals surface area (Å²) in [5.41, 5.74) is 0. The number of nitrogens with zero attached hydrogens (tertiary/aromatic N) is 2. The van der Waals surface area contributed by atoms with Crippen LogP contribution in [0.1, 0.15) is 39.0 Å². The zero-order valence-corrected chi connectivity index (χ0v) is 13.3. The minimum Gasteiger partial charge on any atom is -0.312 e.